The van der Waals surface area contributed by atoms with Gasteiger partial charge < -0.3 is 10.2 Å². The predicted octanol–water partition coefficient (Wildman–Crippen LogP) is 0.877. The van der Waals surface area contributed by atoms with E-state index in [2.05, 4.69) is 5.32 Å². The number of benzene rings is 1. The minimum absolute atomic E-state index is 0.0886. The number of aliphatic hydroxyl groups excluding tert-OH is 1. The third-order valence-corrected chi connectivity index (χ3v) is 2.61. The molecule has 0 saturated heterocycles. The maximum atomic E-state index is 11.3. The minimum atomic E-state index is -1.16. The monoisotopic (exact) mass is 223 g/mol. The van der Waals surface area contributed by atoms with Crippen LogP contribution >= 0.6 is 0 Å². The van der Waals surface area contributed by atoms with Crippen LogP contribution in [0.25, 0.3) is 0 Å². The van der Waals surface area contributed by atoms with Gasteiger partial charge in [-0.2, -0.15) is 0 Å². The van der Waals surface area contributed by atoms with Crippen LogP contribution in [0.4, 0.5) is 0 Å². The summed E-state index contributed by atoms with van der Waals surface area (Å²) in [4.78, 5) is 11.3. The first-order valence-corrected chi connectivity index (χ1v) is 5.17. The first kappa shape index (κ1) is 12.7. The van der Waals surface area contributed by atoms with E-state index in [1.54, 1.807) is 13.0 Å². The Labute approximate surface area is 94.9 Å². The van der Waals surface area contributed by atoms with Gasteiger partial charge in [-0.3, -0.25) is 5.32 Å². The second-order valence-corrected chi connectivity index (χ2v) is 3.95. The normalized spacial score (nSPS) is 14.4. The third-order valence-electron chi connectivity index (χ3n) is 2.61. The van der Waals surface area contributed by atoms with Gasteiger partial charge in [0, 0.05) is 6.54 Å². The predicted molar refractivity (Wildman–Crippen MR) is 61.3 cm³/mol. The number of nitrogens with one attached hydrogen (secondary N) is 1. The van der Waals surface area contributed by atoms with E-state index in [1.807, 2.05) is 25.1 Å². The zero-order chi connectivity index (χ0) is 12.2. The number of hydrogen-bond acceptors (Lipinski definition) is 3. The highest BCUT2D eigenvalue weighted by Gasteiger charge is 2.34. The van der Waals surface area contributed by atoms with Gasteiger partial charge in [-0.15, -0.1) is 0 Å². The van der Waals surface area contributed by atoms with Gasteiger partial charge in [0.1, 0.15) is 5.54 Å². The van der Waals surface area contributed by atoms with Gasteiger partial charge in [0.25, 0.3) is 0 Å². The summed E-state index contributed by atoms with van der Waals surface area (Å²) in [7, 11) is 0. The molecule has 0 heterocycles. The van der Waals surface area contributed by atoms with Gasteiger partial charge in [-0.25, -0.2) is 4.79 Å². The van der Waals surface area contributed by atoms with Gasteiger partial charge in [-0.1, -0.05) is 29.8 Å². The molecule has 16 heavy (non-hydrogen) atoms. The lowest BCUT2D eigenvalue weighted by atomic mass is 9.91. The topological polar surface area (TPSA) is 69.6 Å². The molecule has 1 unspecified atom stereocenters. The molecular formula is C12H17NO3. The first-order valence-electron chi connectivity index (χ1n) is 5.17. The fraction of sp³-hybridized carbons (Fsp3) is 0.417. The molecule has 1 aromatic carbocycles. The fourth-order valence-corrected chi connectivity index (χ4v) is 1.56. The molecule has 0 bridgehead atoms. The molecule has 1 rings (SSSR count). The Kier molecular flexibility index (Phi) is 4.04. The lowest BCUT2D eigenvalue weighted by Crippen LogP contribution is -2.47. The Morgan fingerprint density at radius 3 is 2.69 bits per heavy atom. The average molecular weight is 223 g/mol. The largest absolute Gasteiger partial charge is 0.480 e. The van der Waals surface area contributed by atoms with Crippen molar-refractivity contribution < 1.29 is 15.0 Å². The average Bonchev–Trinajstić information content (AvgIpc) is 2.25. The summed E-state index contributed by atoms with van der Waals surface area (Å²) >= 11 is 0. The number of carboxylic acid groups (broad SMARTS) is 1. The third kappa shape index (κ3) is 2.59. The van der Waals surface area contributed by atoms with E-state index in [0.29, 0.717) is 5.56 Å². The quantitative estimate of drug-likeness (QED) is 0.693. The van der Waals surface area contributed by atoms with E-state index in [9.17, 15) is 9.90 Å². The molecule has 1 aromatic rings. The Bertz CT molecular complexity index is 378. The highest BCUT2D eigenvalue weighted by molar-refractivity contribution is 5.80. The summed E-state index contributed by atoms with van der Waals surface area (Å²) in [6.07, 6.45) is 0. The van der Waals surface area contributed by atoms with Crippen LogP contribution in [0, 0.1) is 6.92 Å². The molecule has 0 radical (unpaired) electrons. The summed E-state index contributed by atoms with van der Waals surface area (Å²) in [5.74, 6) is -0.952. The Morgan fingerprint density at radius 1 is 1.50 bits per heavy atom. The van der Waals surface area contributed by atoms with Crippen molar-refractivity contribution in [3.05, 3.63) is 35.4 Å². The molecule has 1 atom stereocenters. The Morgan fingerprint density at radius 2 is 2.19 bits per heavy atom. The number of rotatable bonds is 5. The van der Waals surface area contributed by atoms with E-state index >= 15 is 0 Å². The standard InChI is InChI=1S/C12H17NO3/c1-9-4-3-5-10(8-9)12(2,11(15)16)13-6-7-14/h3-5,8,13-14H,6-7H2,1-2H3,(H,15,16). The van der Waals surface area contributed by atoms with Crippen molar-refractivity contribution in [3.63, 3.8) is 0 Å². The SMILES string of the molecule is Cc1cccc(C(C)(NCCO)C(=O)O)c1. The van der Waals surface area contributed by atoms with E-state index < -0.39 is 11.5 Å². The van der Waals surface area contributed by atoms with Crippen LogP contribution in [0.1, 0.15) is 18.1 Å². The zero-order valence-electron chi connectivity index (χ0n) is 9.53. The maximum Gasteiger partial charge on any atom is 0.328 e. The molecule has 0 aliphatic rings. The second kappa shape index (κ2) is 5.09. The molecule has 0 saturated carbocycles. The summed E-state index contributed by atoms with van der Waals surface area (Å²) in [6.45, 7) is 3.67. The maximum absolute atomic E-state index is 11.3. The highest BCUT2D eigenvalue weighted by Crippen LogP contribution is 2.21. The zero-order valence-corrected chi connectivity index (χ0v) is 9.53. The minimum Gasteiger partial charge on any atom is -0.480 e. The molecule has 3 N–H and O–H groups in total. The lowest BCUT2D eigenvalue weighted by Gasteiger charge is -2.26. The van der Waals surface area contributed by atoms with Crippen LogP contribution < -0.4 is 5.32 Å². The van der Waals surface area contributed by atoms with Gasteiger partial charge in [-0.05, 0) is 19.4 Å². The molecule has 0 fully saturated rings. The van der Waals surface area contributed by atoms with Crippen LogP contribution in [0.2, 0.25) is 0 Å². The molecule has 4 nitrogen and oxygen atoms in total. The summed E-state index contributed by atoms with van der Waals surface area (Å²) in [5, 5.41) is 20.9. The summed E-state index contributed by atoms with van der Waals surface area (Å²) in [5.41, 5.74) is 0.540. The van der Waals surface area contributed by atoms with E-state index in [-0.39, 0.29) is 13.2 Å². The van der Waals surface area contributed by atoms with Crippen LogP contribution in [-0.2, 0) is 10.3 Å². The van der Waals surface area contributed by atoms with Gasteiger partial charge >= 0.3 is 5.97 Å². The van der Waals surface area contributed by atoms with Crippen LogP contribution in [-0.4, -0.2) is 29.3 Å². The van der Waals surface area contributed by atoms with Crippen molar-refractivity contribution in [2.24, 2.45) is 0 Å². The van der Waals surface area contributed by atoms with Crippen molar-refractivity contribution >= 4 is 5.97 Å². The highest BCUT2D eigenvalue weighted by atomic mass is 16.4. The Hall–Kier alpha value is -1.39. The van der Waals surface area contributed by atoms with Gasteiger partial charge in [0.2, 0.25) is 0 Å². The molecule has 4 heteroatoms. The van der Waals surface area contributed by atoms with Gasteiger partial charge in [0.15, 0.2) is 0 Å². The van der Waals surface area contributed by atoms with Gasteiger partial charge in [0.05, 0.1) is 6.61 Å². The van der Waals surface area contributed by atoms with E-state index in [0.717, 1.165) is 5.56 Å². The number of aliphatic hydroxyl groups is 1. The smallest absolute Gasteiger partial charge is 0.328 e. The molecular weight excluding hydrogens is 206 g/mol. The number of aliphatic carboxylic acids is 1. The molecule has 88 valence electrons. The number of carbonyl (C=O) groups is 1. The number of aryl methyl sites for hydroxylation is 1. The van der Waals surface area contributed by atoms with Crippen LogP contribution in [0.3, 0.4) is 0 Å². The number of hydrogen-bond donors (Lipinski definition) is 3. The molecule has 0 aliphatic heterocycles. The van der Waals surface area contributed by atoms with E-state index in [1.165, 1.54) is 0 Å². The van der Waals surface area contributed by atoms with Crippen LogP contribution in [0.15, 0.2) is 24.3 Å². The van der Waals surface area contributed by atoms with Crippen molar-refractivity contribution in [1.29, 1.82) is 0 Å². The van der Waals surface area contributed by atoms with Crippen molar-refractivity contribution in [3.8, 4) is 0 Å². The fourth-order valence-electron chi connectivity index (χ4n) is 1.56. The molecule has 0 aromatic heterocycles. The van der Waals surface area contributed by atoms with Crippen molar-refractivity contribution in [2.75, 3.05) is 13.2 Å². The molecule has 0 spiro atoms. The molecule has 0 amide bonds. The van der Waals surface area contributed by atoms with E-state index in [4.69, 9.17) is 5.11 Å². The summed E-state index contributed by atoms with van der Waals surface area (Å²) in [6, 6.07) is 7.34. The van der Waals surface area contributed by atoms with Crippen molar-refractivity contribution in [1.82, 2.24) is 5.32 Å². The number of carboxylic acids is 1. The molecule has 0 aliphatic carbocycles. The second-order valence-electron chi connectivity index (χ2n) is 3.95. The van der Waals surface area contributed by atoms with Crippen LogP contribution in [0.5, 0.6) is 0 Å². The summed E-state index contributed by atoms with van der Waals surface area (Å²) < 4.78 is 0. The lowest BCUT2D eigenvalue weighted by molar-refractivity contribution is -0.144. The first-order chi connectivity index (χ1) is 7.50. The van der Waals surface area contributed by atoms with Crippen molar-refractivity contribution in [2.45, 2.75) is 19.4 Å². The Balaban J connectivity index is 3.06.